The standard InChI is InChI=1S/C16H20FN3S/c1-2-18-16(20-12-14-7-5-11-21-14)19-10-9-13-6-3-4-8-15(13)17/h3-8,11H,2,9-10,12H2,1H3,(H2,18,19,20). The van der Waals surface area contributed by atoms with Gasteiger partial charge in [0.05, 0.1) is 6.54 Å². The van der Waals surface area contributed by atoms with Crippen LogP contribution in [0.1, 0.15) is 17.4 Å². The molecule has 0 fully saturated rings. The lowest BCUT2D eigenvalue weighted by Crippen LogP contribution is -2.38. The number of aliphatic imine (C=N–C) groups is 1. The SMILES string of the molecule is CCNC(=NCc1cccs1)NCCc1ccccc1F. The first-order valence-electron chi connectivity index (χ1n) is 7.07. The number of guanidine groups is 1. The Hall–Kier alpha value is -1.88. The fourth-order valence-electron chi connectivity index (χ4n) is 1.92. The zero-order valence-electron chi connectivity index (χ0n) is 12.1. The number of benzene rings is 1. The third-order valence-corrected chi connectivity index (χ3v) is 3.82. The van der Waals surface area contributed by atoms with E-state index in [1.165, 1.54) is 10.9 Å². The van der Waals surface area contributed by atoms with E-state index in [9.17, 15) is 4.39 Å². The minimum atomic E-state index is -0.153. The molecule has 112 valence electrons. The van der Waals surface area contributed by atoms with E-state index in [0.29, 0.717) is 19.5 Å². The molecule has 0 aliphatic rings. The number of nitrogens with one attached hydrogen (secondary N) is 2. The van der Waals surface area contributed by atoms with Gasteiger partial charge in [-0.3, -0.25) is 0 Å². The third-order valence-electron chi connectivity index (χ3n) is 2.96. The first kappa shape index (κ1) is 15.5. The van der Waals surface area contributed by atoms with E-state index in [2.05, 4.69) is 21.7 Å². The number of hydrogen-bond donors (Lipinski definition) is 2. The van der Waals surface area contributed by atoms with Crippen molar-refractivity contribution in [3.05, 3.63) is 58.0 Å². The van der Waals surface area contributed by atoms with Crippen LogP contribution in [0.3, 0.4) is 0 Å². The Labute approximate surface area is 128 Å². The first-order valence-corrected chi connectivity index (χ1v) is 7.95. The third kappa shape index (κ3) is 5.19. The second kappa shape index (κ2) is 8.42. The van der Waals surface area contributed by atoms with Crippen molar-refractivity contribution < 1.29 is 4.39 Å². The molecular weight excluding hydrogens is 285 g/mol. The molecule has 0 bridgehead atoms. The largest absolute Gasteiger partial charge is 0.357 e. The van der Waals surface area contributed by atoms with Gasteiger partial charge in [0.1, 0.15) is 5.82 Å². The highest BCUT2D eigenvalue weighted by molar-refractivity contribution is 7.09. The molecule has 0 radical (unpaired) electrons. The molecule has 1 aromatic carbocycles. The van der Waals surface area contributed by atoms with Gasteiger partial charge in [-0.2, -0.15) is 0 Å². The van der Waals surface area contributed by atoms with Crippen LogP contribution in [0.25, 0.3) is 0 Å². The van der Waals surface area contributed by atoms with E-state index in [4.69, 9.17) is 0 Å². The van der Waals surface area contributed by atoms with Gasteiger partial charge in [-0.15, -0.1) is 11.3 Å². The summed E-state index contributed by atoms with van der Waals surface area (Å²) in [5.74, 6) is 0.613. The van der Waals surface area contributed by atoms with Crippen molar-refractivity contribution in [2.45, 2.75) is 19.9 Å². The minimum Gasteiger partial charge on any atom is -0.357 e. The smallest absolute Gasteiger partial charge is 0.191 e. The van der Waals surface area contributed by atoms with Crippen LogP contribution < -0.4 is 10.6 Å². The van der Waals surface area contributed by atoms with Crippen molar-refractivity contribution in [1.29, 1.82) is 0 Å². The number of halogens is 1. The summed E-state index contributed by atoms with van der Waals surface area (Å²) in [6, 6.07) is 11.0. The highest BCUT2D eigenvalue weighted by Crippen LogP contribution is 2.09. The summed E-state index contributed by atoms with van der Waals surface area (Å²) in [5.41, 5.74) is 0.721. The molecule has 1 heterocycles. The van der Waals surface area contributed by atoms with Gasteiger partial charge >= 0.3 is 0 Å². The van der Waals surface area contributed by atoms with Gasteiger partial charge in [-0.25, -0.2) is 9.38 Å². The molecule has 0 amide bonds. The Kier molecular flexibility index (Phi) is 6.22. The quantitative estimate of drug-likeness (QED) is 0.635. The van der Waals surface area contributed by atoms with Gasteiger partial charge < -0.3 is 10.6 Å². The Balaban J connectivity index is 1.85. The molecule has 0 saturated carbocycles. The summed E-state index contributed by atoms with van der Waals surface area (Å²) in [7, 11) is 0. The highest BCUT2D eigenvalue weighted by Gasteiger charge is 2.02. The van der Waals surface area contributed by atoms with Gasteiger partial charge in [-0.1, -0.05) is 24.3 Å². The van der Waals surface area contributed by atoms with Crippen LogP contribution in [0.5, 0.6) is 0 Å². The zero-order chi connectivity index (χ0) is 14.9. The normalized spacial score (nSPS) is 11.4. The van der Waals surface area contributed by atoms with Crippen LogP contribution in [0.15, 0.2) is 46.8 Å². The summed E-state index contributed by atoms with van der Waals surface area (Å²) in [4.78, 5) is 5.74. The van der Waals surface area contributed by atoms with Crippen molar-refractivity contribution in [3.63, 3.8) is 0 Å². The Bertz CT molecular complexity index is 567. The molecule has 0 aliphatic carbocycles. The summed E-state index contributed by atoms with van der Waals surface area (Å²) in [6.45, 7) is 4.14. The van der Waals surface area contributed by atoms with Gasteiger partial charge in [0.25, 0.3) is 0 Å². The summed E-state index contributed by atoms with van der Waals surface area (Å²) in [6.07, 6.45) is 0.635. The summed E-state index contributed by atoms with van der Waals surface area (Å²) < 4.78 is 13.5. The Morgan fingerprint density at radius 2 is 2.05 bits per heavy atom. The van der Waals surface area contributed by atoms with Crippen molar-refractivity contribution >= 4 is 17.3 Å². The van der Waals surface area contributed by atoms with Crippen LogP contribution in [0, 0.1) is 5.82 Å². The summed E-state index contributed by atoms with van der Waals surface area (Å²) in [5, 5.41) is 8.48. The molecular formula is C16H20FN3S. The van der Waals surface area contributed by atoms with Gasteiger partial charge in [0, 0.05) is 18.0 Å². The van der Waals surface area contributed by atoms with Gasteiger partial charge in [0.15, 0.2) is 5.96 Å². The van der Waals surface area contributed by atoms with Crippen LogP contribution in [-0.4, -0.2) is 19.0 Å². The molecule has 3 nitrogen and oxygen atoms in total. The van der Waals surface area contributed by atoms with Gasteiger partial charge in [0.2, 0.25) is 0 Å². The van der Waals surface area contributed by atoms with E-state index in [0.717, 1.165) is 18.1 Å². The Morgan fingerprint density at radius 1 is 1.19 bits per heavy atom. The zero-order valence-corrected chi connectivity index (χ0v) is 12.9. The maximum Gasteiger partial charge on any atom is 0.191 e. The van der Waals surface area contributed by atoms with Crippen LogP contribution in [0.2, 0.25) is 0 Å². The lowest BCUT2D eigenvalue weighted by atomic mass is 10.1. The van der Waals surface area contributed by atoms with Crippen molar-refractivity contribution in [2.24, 2.45) is 4.99 Å². The van der Waals surface area contributed by atoms with Crippen molar-refractivity contribution in [2.75, 3.05) is 13.1 Å². The number of thiophene rings is 1. The topological polar surface area (TPSA) is 36.4 Å². The molecule has 0 unspecified atom stereocenters. The molecule has 1 aromatic heterocycles. The molecule has 2 rings (SSSR count). The average molecular weight is 305 g/mol. The number of hydrogen-bond acceptors (Lipinski definition) is 2. The predicted octanol–water partition coefficient (Wildman–Crippen LogP) is 3.19. The lowest BCUT2D eigenvalue weighted by molar-refractivity contribution is 0.606. The highest BCUT2D eigenvalue weighted by atomic mass is 32.1. The molecule has 2 N–H and O–H groups in total. The molecule has 21 heavy (non-hydrogen) atoms. The van der Waals surface area contributed by atoms with Crippen LogP contribution >= 0.6 is 11.3 Å². The minimum absolute atomic E-state index is 0.153. The van der Waals surface area contributed by atoms with E-state index in [-0.39, 0.29) is 5.82 Å². The molecule has 2 aromatic rings. The molecule has 0 atom stereocenters. The predicted molar refractivity (Wildman–Crippen MR) is 87.2 cm³/mol. The van der Waals surface area contributed by atoms with E-state index >= 15 is 0 Å². The molecule has 5 heteroatoms. The second-order valence-electron chi connectivity index (χ2n) is 4.54. The van der Waals surface area contributed by atoms with Crippen LogP contribution in [-0.2, 0) is 13.0 Å². The van der Waals surface area contributed by atoms with E-state index in [1.807, 2.05) is 30.5 Å². The lowest BCUT2D eigenvalue weighted by Gasteiger charge is -2.11. The number of rotatable bonds is 6. The maximum atomic E-state index is 13.5. The molecule has 0 saturated heterocycles. The fourth-order valence-corrected chi connectivity index (χ4v) is 2.55. The Morgan fingerprint density at radius 3 is 2.76 bits per heavy atom. The van der Waals surface area contributed by atoms with Crippen molar-refractivity contribution in [1.82, 2.24) is 10.6 Å². The monoisotopic (exact) mass is 305 g/mol. The van der Waals surface area contributed by atoms with Crippen LogP contribution in [0.4, 0.5) is 4.39 Å². The molecule has 0 spiro atoms. The van der Waals surface area contributed by atoms with Gasteiger partial charge in [-0.05, 0) is 36.4 Å². The van der Waals surface area contributed by atoms with E-state index in [1.54, 1.807) is 17.4 Å². The molecule has 0 aliphatic heterocycles. The maximum absolute atomic E-state index is 13.5. The van der Waals surface area contributed by atoms with Crippen molar-refractivity contribution in [3.8, 4) is 0 Å². The second-order valence-corrected chi connectivity index (χ2v) is 5.57. The number of nitrogens with zero attached hydrogens (tertiary/aromatic N) is 1. The average Bonchev–Trinajstić information content (AvgIpc) is 3.00. The first-order chi connectivity index (χ1) is 10.3. The fraction of sp³-hybridized carbons (Fsp3) is 0.312. The van der Waals surface area contributed by atoms with E-state index < -0.39 is 0 Å². The summed E-state index contributed by atoms with van der Waals surface area (Å²) >= 11 is 1.69.